The van der Waals surface area contributed by atoms with E-state index in [0.717, 1.165) is 25.7 Å². The number of aliphatic hydroxyl groups excluding tert-OH is 1. The molecule has 18 heavy (non-hydrogen) atoms. The molecule has 0 aromatic rings. The number of carbonyl (C=O) groups excluding carboxylic acids is 1. The van der Waals surface area contributed by atoms with E-state index in [9.17, 15) is 14.7 Å². The van der Waals surface area contributed by atoms with Crippen molar-refractivity contribution in [3.05, 3.63) is 0 Å². The van der Waals surface area contributed by atoms with Gasteiger partial charge in [-0.2, -0.15) is 0 Å². The van der Waals surface area contributed by atoms with E-state index in [1.807, 2.05) is 0 Å². The maximum absolute atomic E-state index is 12.0. The van der Waals surface area contributed by atoms with Crippen molar-refractivity contribution in [1.82, 2.24) is 5.32 Å². The third-order valence-corrected chi connectivity index (χ3v) is 4.35. The normalized spacial score (nSPS) is 29.6. The van der Waals surface area contributed by atoms with Gasteiger partial charge in [-0.15, -0.1) is 0 Å². The number of aliphatic carboxylic acids is 1. The highest BCUT2D eigenvalue weighted by molar-refractivity contribution is 5.84. The van der Waals surface area contributed by atoms with Crippen LogP contribution in [0, 0.1) is 17.3 Å². The zero-order valence-corrected chi connectivity index (χ0v) is 10.5. The monoisotopic (exact) mass is 255 g/mol. The molecule has 5 nitrogen and oxygen atoms in total. The molecule has 1 amide bonds. The van der Waals surface area contributed by atoms with Crippen molar-refractivity contribution in [3.63, 3.8) is 0 Å². The summed E-state index contributed by atoms with van der Waals surface area (Å²) in [6.07, 6.45) is 4.95. The summed E-state index contributed by atoms with van der Waals surface area (Å²) in [5.74, 6) is -1.95. The fourth-order valence-electron chi connectivity index (χ4n) is 2.71. The lowest BCUT2D eigenvalue weighted by molar-refractivity contribution is -0.149. The Hall–Kier alpha value is -1.10. The minimum atomic E-state index is -0.863. The van der Waals surface area contributed by atoms with E-state index in [1.54, 1.807) is 0 Å². The molecule has 0 aromatic heterocycles. The van der Waals surface area contributed by atoms with Crippen LogP contribution in [0.5, 0.6) is 0 Å². The number of carboxylic acid groups (broad SMARTS) is 1. The summed E-state index contributed by atoms with van der Waals surface area (Å²) in [7, 11) is 0. The SMILES string of the molecule is O=C(O)C1CCCCC1C(=O)NCC1(CO)CC1. The molecule has 0 spiro atoms. The minimum absolute atomic E-state index is 0.0975. The molecule has 102 valence electrons. The highest BCUT2D eigenvalue weighted by Gasteiger charge is 2.43. The molecule has 0 bridgehead atoms. The number of amides is 1. The molecule has 2 saturated carbocycles. The van der Waals surface area contributed by atoms with Gasteiger partial charge in [-0.25, -0.2) is 0 Å². The zero-order valence-electron chi connectivity index (χ0n) is 10.5. The van der Waals surface area contributed by atoms with Gasteiger partial charge in [0, 0.05) is 12.0 Å². The summed E-state index contributed by atoms with van der Waals surface area (Å²) in [6, 6.07) is 0. The van der Waals surface area contributed by atoms with E-state index < -0.39 is 17.8 Å². The smallest absolute Gasteiger partial charge is 0.307 e. The molecular formula is C13H21NO4. The van der Waals surface area contributed by atoms with Crippen molar-refractivity contribution in [2.75, 3.05) is 13.2 Å². The van der Waals surface area contributed by atoms with Gasteiger partial charge >= 0.3 is 5.97 Å². The second-order valence-corrected chi connectivity index (χ2v) is 5.71. The lowest BCUT2D eigenvalue weighted by Gasteiger charge is -2.28. The summed E-state index contributed by atoms with van der Waals surface area (Å²) in [5, 5.41) is 21.1. The predicted octanol–water partition coefficient (Wildman–Crippen LogP) is 0.766. The van der Waals surface area contributed by atoms with Gasteiger partial charge in [0.15, 0.2) is 0 Å². The number of carbonyl (C=O) groups is 2. The third-order valence-electron chi connectivity index (χ3n) is 4.35. The van der Waals surface area contributed by atoms with Gasteiger partial charge < -0.3 is 15.5 Å². The van der Waals surface area contributed by atoms with Crippen LogP contribution in [0.3, 0.4) is 0 Å². The first-order valence-corrected chi connectivity index (χ1v) is 6.69. The van der Waals surface area contributed by atoms with Crippen molar-refractivity contribution in [2.45, 2.75) is 38.5 Å². The number of hydrogen-bond donors (Lipinski definition) is 3. The van der Waals surface area contributed by atoms with Gasteiger partial charge in [0.1, 0.15) is 0 Å². The Labute approximate surface area is 107 Å². The minimum Gasteiger partial charge on any atom is -0.481 e. The standard InChI is InChI=1S/C13H21NO4/c15-8-13(5-6-13)7-14-11(16)9-3-1-2-4-10(9)12(17)18/h9-10,15H,1-8H2,(H,14,16)(H,17,18). The van der Waals surface area contributed by atoms with Crippen molar-refractivity contribution in [3.8, 4) is 0 Å². The molecule has 2 rings (SSSR count). The Morgan fingerprint density at radius 2 is 1.78 bits per heavy atom. The van der Waals surface area contributed by atoms with Crippen LogP contribution in [0.2, 0.25) is 0 Å². The van der Waals surface area contributed by atoms with E-state index in [2.05, 4.69) is 5.32 Å². The summed E-state index contributed by atoms with van der Waals surface area (Å²) < 4.78 is 0. The molecule has 3 N–H and O–H groups in total. The number of hydrogen-bond acceptors (Lipinski definition) is 3. The first kappa shape index (κ1) is 13.3. The molecule has 5 heteroatoms. The third kappa shape index (κ3) is 2.83. The van der Waals surface area contributed by atoms with E-state index in [4.69, 9.17) is 5.11 Å². The van der Waals surface area contributed by atoms with Crippen LogP contribution in [0.4, 0.5) is 0 Å². The summed E-state index contributed by atoms with van der Waals surface area (Å²) in [6.45, 7) is 0.575. The van der Waals surface area contributed by atoms with E-state index >= 15 is 0 Å². The maximum atomic E-state index is 12.0. The van der Waals surface area contributed by atoms with Crippen LogP contribution in [-0.4, -0.2) is 35.2 Å². The molecule has 0 heterocycles. The molecule has 0 radical (unpaired) electrons. The van der Waals surface area contributed by atoms with Crippen LogP contribution in [0.1, 0.15) is 38.5 Å². The lowest BCUT2D eigenvalue weighted by atomic mass is 9.78. The first-order chi connectivity index (χ1) is 8.58. The number of nitrogens with one attached hydrogen (secondary N) is 1. The molecular weight excluding hydrogens is 234 g/mol. The van der Waals surface area contributed by atoms with E-state index in [-0.39, 0.29) is 17.9 Å². The molecule has 0 aliphatic heterocycles. The average molecular weight is 255 g/mol. The quantitative estimate of drug-likeness (QED) is 0.677. The first-order valence-electron chi connectivity index (χ1n) is 6.69. The second kappa shape index (κ2) is 5.26. The van der Waals surface area contributed by atoms with E-state index in [1.165, 1.54) is 0 Å². The van der Waals surface area contributed by atoms with Crippen LogP contribution in [-0.2, 0) is 9.59 Å². The van der Waals surface area contributed by atoms with Gasteiger partial charge in [-0.3, -0.25) is 9.59 Å². The Bertz CT molecular complexity index is 338. The predicted molar refractivity (Wildman–Crippen MR) is 64.8 cm³/mol. The fourth-order valence-corrected chi connectivity index (χ4v) is 2.71. The van der Waals surface area contributed by atoms with Crippen molar-refractivity contribution >= 4 is 11.9 Å². The number of carboxylic acids is 1. The molecule has 2 aliphatic rings. The van der Waals surface area contributed by atoms with Crippen LogP contribution < -0.4 is 5.32 Å². The van der Waals surface area contributed by atoms with Crippen molar-refractivity contribution in [2.24, 2.45) is 17.3 Å². The Kier molecular flexibility index (Phi) is 3.90. The number of aliphatic hydroxyl groups is 1. The highest BCUT2D eigenvalue weighted by atomic mass is 16.4. The summed E-state index contributed by atoms with van der Waals surface area (Å²) in [4.78, 5) is 23.2. The molecule has 2 atom stereocenters. The summed E-state index contributed by atoms with van der Waals surface area (Å²) in [5.41, 5.74) is -0.122. The Balaban J connectivity index is 1.88. The lowest BCUT2D eigenvalue weighted by Crippen LogP contribution is -2.42. The fraction of sp³-hybridized carbons (Fsp3) is 0.846. The number of rotatable bonds is 5. The second-order valence-electron chi connectivity index (χ2n) is 5.71. The largest absolute Gasteiger partial charge is 0.481 e. The van der Waals surface area contributed by atoms with Crippen molar-refractivity contribution < 1.29 is 19.8 Å². The summed E-state index contributed by atoms with van der Waals surface area (Å²) >= 11 is 0. The zero-order chi connectivity index (χ0) is 13.2. The molecule has 0 aromatic carbocycles. The van der Waals surface area contributed by atoms with E-state index in [0.29, 0.717) is 19.4 Å². The topological polar surface area (TPSA) is 86.6 Å². The highest BCUT2D eigenvalue weighted by Crippen LogP contribution is 2.44. The van der Waals surface area contributed by atoms with Crippen LogP contribution in [0.15, 0.2) is 0 Å². The van der Waals surface area contributed by atoms with Crippen LogP contribution in [0.25, 0.3) is 0 Å². The van der Waals surface area contributed by atoms with Gasteiger partial charge in [0.05, 0.1) is 18.4 Å². The van der Waals surface area contributed by atoms with Gasteiger partial charge in [-0.05, 0) is 25.7 Å². The van der Waals surface area contributed by atoms with Gasteiger partial charge in [0.25, 0.3) is 0 Å². The molecule has 2 aliphatic carbocycles. The Morgan fingerprint density at radius 1 is 1.17 bits per heavy atom. The molecule has 2 unspecified atom stereocenters. The molecule has 0 saturated heterocycles. The Morgan fingerprint density at radius 3 is 2.28 bits per heavy atom. The van der Waals surface area contributed by atoms with Crippen LogP contribution >= 0.6 is 0 Å². The maximum Gasteiger partial charge on any atom is 0.307 e. The van der Waals surface area contributed by atoms with Gasteiger partial charge in [-0.1, -0.05) is 12.8 Å². The average Bonchev–Trinajstić information content (AvgIpc) is 3.16. The van der Waals surface area contributed by atoms with Gasteiger partial charge in [0.2, 0.25) is 5.91 Å². The molecule has 2 fully saturated rings. The van der Waals surface area contributed by atoms with Crippen molar-refractivity contribution in [1.29, 1.82) is 0 Å².